The zero-order valence-electron chi connectivity index (χ0n) is 16.7. The van der Waals surface area contributed by atoms with Gasteiger partial charge < -0.3 is 19.9 Å². The molecule has 1 unspecified atom stereocenters. The van der Waals surface area contributed by atoms with Gasteiger partial charge in [-0.15, -0.1) is 0 Å². The van der Waals surface area contributed by atoms with E-state index < -0.39 is 11.7 Å². The van der Waals surface area contributed by atoms with Crippen LogP contribution in [0, 0.1) is 5.92 Å². The Kier molecular flexibility index (Phi) is 5.52. The summed E-state index contributed by atoms with van der Waals surface area (Å²) in [4.78, 5) is 42.0. The van der Waals surface area contributed by atoms with Crippen LogP contribution in [0.2, 0.25) is 0 Å². The Morgan fingerprint density at radius 2 is 1.93 bits per heavy atom. The Labute approximate surface area is 174 Å². The van der Waals surface area contributed by atoms with Crippen molar-refractivity contribution in [2.24, 2.45) is 5.92 Å². The number of hydrogen-bond acceptors (Lipinski definition) is 4. The van der Waals surface area contributed by atoms with Crippen molar-refractivity contribution in [3.8, 4) is 5.75 Å². The third-order valence-corrected chi connectivity index (χ3v) is 5.26. The van der Waals surface area contributed by atoms with Gasteiger partial charge in [0.1, 0.15) is 5.75 Å². The summed E-state index contributed by atoms with van der Waals surface area (Å²) >= 11 is 0. The monoisotopic (exact) mass is 405 g/mol. The second-order valence-corrected chi connectivity index (χ2v) is 7.29. The molecule has 1 aliphatic heterocycles. The number of benzene rings is 2. The molecule has 3 aromatic rings. The van der Waals surface area contributed by atoms with E-state index >= 15 is 0 Å². The average molecular weight is 405 g/mol. The summed E-state index contributed by atoms with van der Waals surface area (Å²) in [6.07, 6.45) is 1.88. The number of Topliss-reactive ketones (excluding diaryl/α,β-unsaturated/α-hetero) is 1. The summed E-state index contributed by atoms with van der Waals surface area (Å²) in [5.41, 5.74) is 1.95. The van der Waals surface area contributed by atoms with E-state index in [2.05, 4.69) is 10.3 Å². The Balaban J connectivity index is 1.35. The van der Waals surface area contributed by atoms with Gasteiger partial charge in [-0.05, 0) is 37.3 Å². The van der Waals surface area contributed by atoms with Gasteiger partial charge in [0.05, 0.1) is 12.2 Å². The van der Waals surface area contributed by atoms with Gasteiger partial charge in [0, 0.05) is 48.2 Å². The second-order valence-electron chi connectivity index (χ2n) is 7.29. The standard InChI is InChI=1S/C23H23N3O4/c1-2-30-17-9-7-16(8-10-17)26-14-15(11-21(26)27)12-25-23(29)22(28)19-13-24-20-6-4-3-5-18(19)20/h3-10,13,15,24H,2,11-12,14H2,1H3,(H,25,29). The number of carbonyl (C=O) groups excluding carboxylic acids is 3. The molecule has 7 nitrogen and oxygen atoms in total. The quantitative estimate of drug-likeness (QED) is 0.467. The van der Waals surface area contributed by atoms with Crippen LogP contribution in [-0.2, 0) is 9.59 Å². The molecule has 154 valence electrons. The number of rotatable bonds is 7. The molecule has 1 atom stereocenters. The summed E-state index contributed by atoms with van der Waals surface area (Å²) in [5.74, 6) is -0.537. The molecule has 0 saturated carbocycles. The summed E-state index contributed by atoms with van der Waals surface area (Å²) in [5, 5.41) is 3.41. The first-order valence-electron chi connectivity index (χ1n) is 9.98. The van der Waals surface area contributed by atoms with E-state index in [1.165, 1.54) is 0 Å². The van der Waals surface area contributed by atoms with E-state index in [1.807, 2.05) is 49.4 Å². The molecule has 1 aromatic heterocycles. The highest BCUT2D eigenvalue weighted by molar-refractivity contribution is 6.44. The van der Waals surface area contributed by atoms with Gasteiger partial charge in [0.25, 0.3) is 11.7 Å². The van der Waals surface area contributed by atoms with E-state index in [0.29, 0.717) is 25.1 Å². The smallest absolute Gasteiger partial charge is 0.292 e. The second kappa shape index (κ2) is 8.41. The molecule has 0 radical (unpaired) electrons. The Morgan fingerprint density at radius 3 is 2.70 bits per heavy atom. The van der Waals surface area contributed by atoms with Crippen molar-refractivity contribution < 1.29 is 19.1 Å². The van der Waals surface area contributed by atoms with Gasteiger partial charge in [-0.1, -0.05) is 18.2 Å². The van der Waals surface area contributed by atoms with Crippen LogP contribution in [0.5, 0.6) is 5.75 Å². The molecule has 4 rings (SSSR count). The largest absolute Gasteiger partial charge is 0.494 e. The Hall–Kier alpha value is -3.61. The lowest BCUT2D eigenvalue weighted by Gasteiger charge is -2.17. The average Bonchev–Trinajstić information content (AvgIpc) is 3.36. The predicted octanol–water partition coefficient (Wildman–Crippen LogP) is 2.92. The number of anilines is 1. The maximum absolute atomic E-state index is 12.5. The lowest BCUT2D eigenvalue weighted by atomic mass is 10.1. The van der Waals surface area contributed by atoms with Gasteiger partial charge in [-0.25, -0.2) is 0 Å². The van der Waals surface area contributed by atoms with Crippen molar-refractivity contribution in [1.29, 1.82) is 0 Å². The number of ketones is 1. The molecular weight excluding hydrogens is 382 g/mol. The third kappa shape index (κ3) is 3.91. The van der Waals surface area contributed by atoms with Gasteiger partial charge in [0.2, 0.25) is 5.91 Å². The SMILES string of the molecule is CCOc1ccc(N2CC(CNC(=O)C(=O)c3c[nH]c4ccccc34)CC2=O)cc1. The number of hydrogen-bond donors (Lipinski definition) is 2. The van der Waals surface area contributed by atoms with E-state index in [9.17, 15) is 14.4 Å². The van der Waals surface area contributed by atoms with Crippen molar-refractivity contribution in [2.45, 2.75) is 13.3 Å². The molecule has 2 heterocycles. The van der Waals surface area contributed by atoms with E-state index in [-0.39, 0.29) is 18.4 Å². The first-order chi connectivity index (χ1) is 14.6. The molecule has 0 spiro atoms. The lowest BCUT2D eigenvalue weighted by Crippen LogP contribution is -2.35. The van der Waals surface area contributed by atoms with Crippen LogP contribution >= 0.6 is 0 Å². The van der Waals surface area contributed by atoms with Crippen LogP contribution in [0.25, 0.3) is 10.9 Å². The van der Waals surface area contributed by atoms with Crippen LogP contribution in [0.3, 0.4) is 0 Å². The predicted molar refractivity (Wildman–Crippen MR) is 114 cm³/mol. The van der Waals surface area contributed by atoms with Crippen LogP contribution in [0.4, 0.5) is 5.69 Å². The van der Waals surface area contributed by atoms with E-state index in [1.54, 1.807) is 17.2 Å². The number of nitrogens with zero attached hydrogens (tertiary/aromatic N) is 1. The van der Waals surface area contributed by atoms with E-state index in [4.69, 9.17) is 4.74 Å². The summed E-state index contributed by atoms with van der Waals surface area (Å²) < 4.78 is 5.43. The van der Waals surface area contributed by atoms with Crippen molar-refractivity contribution in [1.82, 2.24) is 10.3 Å². The fourth-order valence-electron chi connectivity index (χ4n) is 3.76. The van der Waals surface area contributed by atoms with Crippen molar-refractivity contribution in [2.75, 3.05) is 24.6 Å². The molecule has 2 aromatic carbocycles. The highest BCUT2D eigenvalue weighted by atomic mass is 16.5. The number of ether oxygens (including phenoxy) is 1. The molecule has 2 N–H and O–H groups in total. The molecule has 1 fully saturated rings. The van der Waals surface area contributed by atoms with Crippen LogP contribution in [0.15, 0.2) is 54.7 Å². The van der Waals surface area contributed by atoms with Crippen molar-refractivity contribution in [3.63, 3.8) is 0 Å². The maximum Gasteiger partial charge on any atom is 0.292 e. The minimum Gasteiger partial charge on any atom is -0.494 e. The Morgan fingerprint density at radius 1 is 1.17 bits per heavy atom. The number of aromatic amines is 1. The molecule has 0 bridgehead atoms. The number of carbonyl (C=O) groups is 3. The number of aromatic nitrogens is 1. The lowest BCUT2D eigenvalue weighted by molar-refractivity contribution is -0.118. The summed E-state index contributed by atoms with van der Waals surface area (Å²) in [6.45, 7) is 3.27. The highest BCUT2D eigenvalue weighted by Crippen LogP contribution is 2.26. The maximum atomic E-state index is 12.5. The minimum atomic E-state index is -0.660. The fraction of sp³-hybridized carbons (Fsp3) is 0.261. The first-order valence-corrected chi connectivity index (χ1v) is 9.98. The van der Waals surface area contributed by atoms with Gasteiger partial charge in [0.15, 0.2) is 0 Å². The minimum absolute atomic E-state index is 0.00126. The zero-order chi connectivity index (χ0) is 21.1. The number of amides is 2. The molecule has 30 heavy (non-hydrogen) atoms. The molecule has 7 heteroatoms. The summed E-state index contributed by atoms with van der Waals surface area (Å²) in [6, 6.07) is 14.7. The number of H-pyrrole nitrogens is 1. The molecule has 0 aliphatic carbocycles. The number of para-hydroxylation sites is 1. The summed E-state index contributed by atoms with van der Waals surface area (Å²) in [7, 11) is 0. The first kappa shape index (κ1) is 19.7. The molecule has 1 saturated heterocycles. The van der Waals surface area contributed by atoms with Crippen LogP contribution in [0.1, 0.15) is 23.7 Å². The van der Waals surface area contributed by atoms with Gasteiger partial charge in [-0.2, -0.15) is 0 Å². The number of fused-ring (bicyclic) bond motifs is 1. The topological polar surface area (TPSA) is 91.5 Å². The van der Waals surface area contributed by atoms with Crippen molar-refractivity contribution >= 4 is 34.2 Å². The fourth-order valence-corrected chi connectivity index (χ4v) is 3.76. The van der Waals surface area contributed by atoms with Crippen LogP contribution < -0.4 is 15.0 Å². The third-order valence-electron chi connectivity index (χ3n) is 5.26. The number of nitrogens with one attached hydrogen (secondary N) is 2. The zero-order valence-corrected chi connectivity index (χ0v) is 16.7. The molecule has 1 aliphatic rings. The molecule has 2 amide bonds. The van der Waals surface area contributed by atoms with E-state index in [0.717, 1.165) is 22.3 Å². The van der Waals surface area contributed by atoms with Gasteiger partial charge in [-0.3, -0.25) is 14.4 Å². The normalized spacial score (nSPS) is 16.1. The highest BCUT2D eigenvalue weighted by Gasteiger charge is 2.31. The van der Waals surface area contributed by atoms with Crippen molar-refractivity contribution in [3.05, 3.63) is 60.3 Å². The van der Waals surface area contributed by atoms with Gasteiger partial charge >= 0.3 is 0 Å². The molecular formula is C23H23N3O4. The van der Waals surface area contributed by atoms with Crippen LogP contribution in [-0.4, -0.2) is 42.3 Å². The Bertz CT molecular complexity index is 1090.